The summed E-state index contributed by atoms with van der Waals surface area (Å²) in [6.45, 7) is 1.81. The van der Waals surface area contributed by atoms with E-state index in [4.69, 9.17) is 0 Å². The number of aromatic amines is 1. The maximum Gasteiger partial charge on any atom is 0.254 e. The molecule has 31 heavy (non-hydrogen) atoms. The molecule has 0 bridgehead atoms. The average molecular weight is 431 g/mol. The van der Waals surface area contributed by atoms with Crippen molar-refractivity contribution in [3.05, 3.63) is 94.0 Å². The molecule has 0 aliphatic carbocycles. The SMILES string of the molecule is Cc1nc(SCc2ccccc2)[nH]c(=O)c1CCC(=O)Nc1cccc2ncccc12. The number of nitrogens with zero attached hydrogens (tertiary/aromatic N) is 2. The third kappa shape index (κ3) is 5.19. The van der Waals surface area contributed by atoms with E-state index in [1.165, 1.54) is 11.8 Å². The van der Waals surface area contributed by atoms with Crippen LogP contribution in [0.5, 0.6) is 0 Å². The van der Waals surface area contributed by atoms with Crippen molar-refractivity contribution in [2.24, 2.45) is 0 Å². The topological polar surface area (TPSA) is 87.7 Å². The van der Waals surface area contributed by atoms with E-state index in [1.54, 1.807) is 6.20 Å². The maximum absolute atomic E-state index is 12.6. The first kappa shape index (κ1) is 20.8. The van der Waals surface area contributed by atoms with Gasteiger partial charge in [0.1, 0.15) is 0 Å². The van der Waals surface area contributed by atoms with Crippen molar-refractivity contribution in [3.63, 3.8) is 0 Å². The molecule has 1 amide bonds. The van der Waals surface area contributed by atoms with Gasteiger partial charge in [-0.15, -0.1) is 0 Å². The highest BCUT2D eigenvalue weighted by Crippen LogP contribution is 2.22. The highest BCUT2D eigenvalue weighted by molar-refractivity contribution is 7.98. The number of amides is 1. The van der Waals surface area contributed by atoms with Crippen LogP contribution < -0.4 is 10.9 Å². The summed E-state index contributed by atoms with van der Waals surface area (Å²) >= 11 is 1.49. The number of hydrogen-bond acceptors (Lipinski definition) is 5. The summed E-state index contributed by atoms with van der Waals surface area (Å²) in [5, 5.41) is 4.40. The van der Waals surface area contributed by atoms with Crippen LogP contribution in [0.1, 0.15) is 23.2 Å². The minimum absolute atomic E-state index is 0.155. The van der Waals surface area contributed by atoms with E-state index in [0.29, 0.717) is 28.5 Å². The van der Waals surface area contributed by atoms with Gasteiger partial charge in [0.25, 0.3) is 5.56 Å². The first-order valence-electron chi connectivity index (χ1n) is 10.0. The van der Waals surface area contributed by atoms with Crippen LogP contribution in [-0.4, -0.2) is 20.9 Å². The van der Waals surface area contributed by atoms with Crippen LogP contribution in [0.2, 0.25) is 0 Å². The number of thioether (sulfide) groups is 1. The van der Waals surface area contributed by atoms with Gasteiger partial charge in [-0.25, -0.2) is 4.98 Å². The fourth-order valence-corrected chi connectivity index (χ4v) is 4.20. The molecule has 2 heterocycles. The maximum atomic E-state index is 12.6. The van der Waals surface area contributed by atoms with E-state index >= 15 is 0 Å². The van der Waals surface area contributed by atoms with E-state index in [9.17, 15) is 9.59 Å². The number of rotatable bonds is 7. The first-order valence-corrected chi connectivity index (χ1v) is 11.0. The lowest BCUT2D eigenvalue weighted by Gasteiger charge is -2.09. The zero-order valence-electron chi connectivity index (χ0n) is 17.1. The Morgan fingerprint density at radius 3 is 2.71 bits per heavy atom. The number of aromatic nitrogens is 3. The predicted molar refractivity (Wildman–Crippen MR) is 124 cm³/mol. The second-order valence-corrected chi connectivity index (χ2v) is 8.10. The molecule has 4 aromatic rings. The van der Waals surface area contributed by atoms with Gasteiger partial charge >= 0.3 is 0 Å². The molecule has 0 aliphatic rings. The number of benzene rings is 2. The molecule has 0 fully saturated rings. The van der Waals surface area contributed by atoms with Crippen LogP contribution in [0.25, 0.3) is 10.9 Å². The summed E-state index contributed by atoms with van der Waals surface area (Å²) in [6, 6.07) is 19.4. The van der Waals surface area contributed by atoms with Crippen molar-refractivity contribution in [3.8, 4) is 0 Å². The normalized spacial score (nSPS) is 10.9. The van der Waals surface area contributed by atoms with Crippen molar-refractivity contribution in [1.29, 1.82) is 0 Å². The van der Waals surface area contributed by atoms with E-state index in [2.05, 4.69) is 20.3 Å². The second-order valence-electron chi connectivity index (χ2n) is 7.13. The van der Waals surface area contributed by atoms with Gasteiger partial charge in [0.15, 0.2) is 5.16 Å². The largest absolute Gasteiger partial charge is 0.325 e. The summed E-state index contributed by atoms with van der Waals surface area (Å²) in [5.41, 5.74) is 3.70. The van der Waals surface area contributed by atoms with Gasteiger partial charge in [-0.3, -0.25) is 14.6 Å². The fraction of sp³-hybridized carbons (Fsp3) is 0.167. The van der Waals surface area contributed by atoms with Gasteiger partial charge in [0.2, 0.25) is 5.91 Å². The fourth-order valence-electron chi connectivity index (χ4n) is 3.34. The number of H-pyrrole nitrogens is 1. The Kier molecular flexibility index (Phi) is 6.43. The van der Waals surface area contributed by atoms with Crippen molar-refractivity contribution in [2.75, 3.05) is 5.32 Å². The van der Waals surface area contributed by atoms with Gasteiger partial charge in [-0.05, 0) is 43.2 Å². The van der Waals surface area contributed by atoms with E-state index in [-0.39, 0.29) is 17.9 Å². The minimum Gasteiger partial charge on any atom is -0.325 e. The zero-order chi connectivity index (χ0) is 21.6. The number of pyridine rings is 1. The average Bonchev–Trinajstić information content (AvgIpc) is 2.78. The highest BCUT2D eigenvalue weighted by atomic mass is 32.2. The predicted octanol–water partition coefficient (Wildman–Crippen LogP) is 4.49. The number of nitrogens with one attached hydrogen (secondary N) is 2. The molecule has 6 nitrogen and oxygen atoms in total. The monoisotopic (exact) mass is 430 g/mol. The number of hydrogen-bond donors (Lipinski definition) is 2. The Morgan fingerprint density at radius 1 is 1.06 bits per heavy atom. The molecule has 0 spiro atoms. The van der Waals surface area contributed by atoms with Gasteiger partial charge < -0.3 is 10.3 Å². The van der Waals surface area contributed by atoms with Crippen LogP contribution >= 0.6 is 11.8 Å². The molecule has 0 aliphatic heterocycles. The molecule has 2 aromatic heterocycles. The molecule has 0 radical (unpaired) electrons. The third-order valence-electron chi connectivity index (χ3n) is 4.94. The number of aryl methyl sites for hydroxylation is 1. The van der Waals surface area contributed by atoms with Crippen LogP contribution in [0.4, 0.5) is 5.69 Å². The van der Waals surface area contributed by atoms with Crippen LogP contribution in [0.3, 0.4) is 0 Å². The molecule has 0 unspecified atom stereocenters. The molecular formula is C24H22N4O2S. The summed E-state index contributed by atoms with van der Waals surface area (Å²) < 4.78 is 0. The van der Waals surface area contributed by atoms with Gasteiger partial charge in [-0.2, -0.15) is 0 Å². The van der Waals surface area contributed by atoms with Crippen molar-refractivity contribution in [1.82, 2.24) is 15.0 Å². The van der Waals surface area contributed by atoms with Crippen molar-refractivity contribution >= 4 is 34.3 Å². The summed E-state index contributed by atoms with van der Waals surface area (Å²) in [5.74, 6) is 0.572. The molecule has 0 atom stereocenters. The highest BCUT2D eigenvalue weighted by Gasteiger charge is 2.12. The summed E-state index contributed by atoms with van der Waals surface area (Å²) in [4.78, 5) is 36.7. The lowest BCUT2D eigenvalue weighted by atomic mass is 10.1. The smallest absolute Gasteiger partial charge is 0.254 e. The Bertz CT molecular complexity index is 1270. The minimum atomic E-state index is -0.190. The quantitative estimate of drug-likeness (QED) is 0.333. The molecular weight excluding hydrogens is 408 g/mol. The Balaban J connectivity index is 1.40. The van der Waals surface area contributed by atoms with Crippen LogP contribution in [-0.2, 0) is 17.0 Å². The van der Waals surface area contributed by atoms with Gasteiger partial charge in [0.05, 0.1) is 11.2 Å². The van der Waals surface area contributed by atoms with Crippen LogP contribution in [0, 0.1) is 6.92 Å². The zero-order valence-corrected chi connectivity index (χ0v) is 17.9. The van der Waals surface area contributed by atoms with E-state index < -0.39 is 0 Å². The second kappa shape index (κ2) is 9.57. The Hall–Kier alpha value is -3.45. The van der Waals surface area contributed by atoms with Crippen molar-refractivity contribution in [2.45, 2.75) is 30.7 Å². The Morgan fingerprint density at radius 2 is 1.90 bits per heavy atom. The standard InChI is InChI=1S/C24H22N4O2S/c1-16-18(23(30)28-24(26-16)31-15-17-7-3-2-4-8-17)12-13-22(29)27-21-11-5-10-20-19(21)9-6-14-25-20/h2-11,14H,12-13,15H2,1H3,(H,27,29)(H,26,28,30). The number of anilines is 1. The first-order chi connectivity index (χ1) is 15.1. The van der Waals surface area contributed by atoms with Crippen LogP contribution in [0.15, 0.2) is 76.8 Å². The number of carbonyl (C=O) groups is 1. The molecule has 156 valence electrons. The third-order valence-corrected chi connectivity index (χ3v) is 5.89. The lowest BCUT2D eigenvalue weighted by molar-refractivity contribution is -0.116. The van der Waals surface area contributed by atoms with Gasteiger partial charge in [0, 0.05) is 35.0 Å². The lowest BCUT2D eigenvalue weighted by Crippen LogP contribution is -2.20. The molecule has 0 saturated heterocycles. The number of carbonyl (C=O) groups excluding carboxylic acids is 1. The molecule has 7 heteroatoms. The molecule has 0 saturated carbocycles. The van der Waals surface area contributed by atoms with E-state index in [0.717, 1.165) is 22.2 Å². The summed E-state index contributed by atoms with van der Waals surface area (Å²) in [6.07, 6.45) is 2.24. The van der Waals surface area contributed by atoms with Gasteiger partial charge in [-0.1, -0.05) is 48.2 Å². The number of fused-ring (bicyclic) bond motifs is 1. The van der Waals surface area contributed by atoms with Crippen molar-refractivity contribution < 1.29 is 4.79 Å². The van der Waals surface area contributed by atoms with E-state index in [1.807, 2.05) is 67.6 Å². The molecule has 2 N–H and O–H groups in total. The Labute approximate surface area is 184 Å². The molecule has 4 rings (SSSR count). The molecule has 2 aromatic carbocycles. The summed E-state index contributed by atoms with van der Waals surface area (Å²) in [7, 11) is 0.